The summed E-state index contributed by atoms with van der Waals surface area (Å²) < 4.78 is 11.1. The van der Waals surface area contributed by atoms with E-state index in [9.17, 15) is 9.59 Å². The second-order valence-electron chi connectivity index (χ2n) is 5.24. The van der Waals surface area contributed by atoms with E-state index in [4.69, 9.17) is 9.47 Å². The van der Waals surface area contributed by atoms with Crippen LogP contribution in [0.5, 0.6) is 5.75 Å². The van der Waals surface area contributed by atoms with Crippen molar-refractivity contribution >= 4 is 17.5 Å². The van der Waals surface area contributed by atoms with Gasteiger partial charge in [-0.2, -0.15) is 0 Å². The Labute approximate surface area is 130 Å². The maximum absolute atomic E-state index is 12.1. The predicted molar refractivity (Wildman–Crippen MR) is 82.9 cm³/mol. The summed E-state index contributed by atoms with van der Waals surface area (Å²) in [6, 6.07) is 6.94. The number of benzene rings is 1. The zero-order valence-corrected chi connectivity index (χ0v) is 13.0. The van der Waals surface area contributed by atoms with Crippen LogP contribution in [0.2, 0.25) is 0 Å². The largest absolute Gasteiger partial charge is 0.484 e. The van der Waals surface area contributed by atoms with Crippen molar-refractivity contribution in [1.82, 2.24) is 4.90 Å². The Bertz CT molecular complexity index is 515. The molecule has 1 aromatic rings. The van der Waals surface area contributed by atoms with Crippen LogP contribution in [0.25, 0.3) is 0 Å². The van der Waals surface area contributed by atoms with Gasteiger partial charge in [-0.1, -0.05) is 6.92 Å². The first kappa shape index (κ1) is 16.3. The summed E-state index contributed by atoms with van der Waals surface area (Å²) in [6.07, 6.45) is 1.02. The molecule has 1 aliphatic heterocycles. The summed E-state index contributed by atoms with van der Waals surface area (Å²) in [5.74, 6) is 0.442. The van der Waals surface area contributed by atoms with Gasteiger partial charge in [0.1, 0.15) is 5.75 Å². The molecule has 1 aliphatic rings. The summed E-state index contributed by atoms with van der Waals surface area (Å²) in [5.41, 5.74) is 0.699. The lowest BCUT2D eigenvalue weighted by atomic mass is 10.2. The van der Waals surface area contributed by atoms with Crippen molar-refractivity contribution in [2.75, 3.05) is 31.6 Å². The van der Waals surface area contributed by atoms with E-state index in [1.54, 1.807) is 29.2 Å². The van der Waals surface area contributed by atoms with Crippen LogP contribution in [0, 0.1) is 0 Å². The molecule has 22 heavy (non-hydrogen) atoms. The topological polar surface area (TPSA) is 67.9 Å². The number of carbonyl (C=O) groups excluding carboxylic acids is 2. The Morgan fingerprint density at radius 3 is 2.73 bits per heavy atom. The maximum atomic E-state index is 12.1. The van der Waals surface area contributed by atoms with Crippen molar-refractivity contribution in [2.45, 2.75) is 26.4 Å². The fourth-order valence-electron chi connectivity index (χ4n) is 2.27. The van der Waals surface area contributed by atoms with Gasteiger partial charge >= 0.3 is 0 Å². The van der Waals surface area contributed by atoms with Crippen molar-refractivity contribution in [1.29, 1.82) is 0 Å². The summed E-state index contributed by atoms with van der Waals surface area (Å²) >= 11 is 0. The third-order valence-corrected chi connectivity index (χ3v) is 3.48. The molecule has 1 heterocycles. The second kappa shape index (κ2) is 7.79. The van der Waals surface area contributed by atoms with Crippen molar-refractivity contribution < 1.29 is 19.1 Å². The fraction of sp³-hybridized carbons (Fsp3) is 0.500. The Morgan fingerprint density at radius 1 is 1.36 bits per heavy atom. The van der Waals surface area contributed by atoms with Gasteiger partial charge in [-0.3, -0.25) is 9.59 Å². The Hall–Kier alpha value is -2.08. The van der Waals surface area contributed by atoms with Crippen molar-refractivity contribution in [3.8, 4) is 5.75 Å². The van der Waals surface area contributed by atoms with Crippen LogP contribution in [-0.2, 0) is 14.3 Å². The van der Waals surface area contributed by atoms with Crippen LogP contribution in [0.3, 0.4) is 0 Å². The van der Waals surface area contributed by atoms with Crippen molar-refractivity contribution in [3.05, 3.63) is 24.3 Å². The van der Waals surface area contributed by atoms with Crippen LogP contribution < -0.4 is 10.1 Å². The van der Waals surface area contributed by atoms with Gasteiger partial charge in [-0.25, -0.2) is 0 Å². The highest BCUT2D eigenvalue weighted by Crippen LogP contribution is 2.16. The van der Waals surface area contributed by atoms with E-state index < -0.39 is 0 Å². The third kappa shape index (κ3) is 4.73. The molecule has 0 bridgehead atoms. The molecule has 1 aromatic carbocycles. The standard InChI is InChI=1S/C16H22N2O4/c1-3-14-10-18(8-9-21-14)16(20)11-22-15-6-4-13(5-7-15)17-12(2)19/h4-7,14H,3,8-11H2,1-2H3,(H,17,19). The number of ether oxygens (including phenoxy) is 2. The van der Waals surface area contributed by atoms with Gasteiger partial charge in [0.05, 0.1) is 12.7 Å². The number of morpholine rings is 1. The number of rotatable bonds is 5. The van der Waals surface area contributed by atoms with Crippen LogP contribution >= 0.6 is 0 Å². The minimum Gasteiger partial charge on any atom is -0.484 e. The molecule has 1 saturated heterocycles. The van der Waals surface area contributed by atoms with Gasteiger partial charge in [0.15, 0.2) is 6.61 Å². The number of carbonyl (C=O) groups is 2. The first-order valence-electron chi connectivity index (χ1n) is 7.48. The lowest BCUT2D eigenvalue weighted by Crippen LogP contribution is -2.47. The smallest absolute Gasteiger partial charge is 0.260 e. The molecule has 1 fully saturated rings. The molecule has 0 aliphatic carbocycles. The highest BCUT2D eigenvalue weighted by atomic mass is 16.5. The fourth-order valence-corrected chi connectivity index (χ4v) is 2.27. The predicted octanol–water partition coefficient (Wildman–Crippen LogP) is 1.66. The van der Waals surface area contributed by atoms with Crippen molar-refractivity contribution in [2.24, 2.45) is 0 Å². The van der Waals surface area contributed by atoms with Crippen LogP contribution in [-0.4, -0.2) is 49.1 Å². The minimum atomic E-state index is -0.123. The molecule has 0 spiro atoms. The third-order valence-electron chi connectivity index (χ3n) is 3.48. The second-order valence-corrected chi connectivity index (χ2v) is 5.24. The van der Waals surface area contributed by atoms with E-state index in [0.717, 1.165) is 6.42 Å². The van der Waals surface area contributed by atoms with Gasteiger partial charge in [0.25, 0.3) is 5.91 Å². The molecule has 2 rings (SSSR count). The monoisotopic (exact) mass is 306 g/mol. The molecule has 2 amide bonds. The normalized spacial score (nSPS) is 17.9. The van der Waals surface area contributed by atoms with Gasteiger partial charge < -0.3 is 19.7 Å². The van der Waals surface area contributed by atoms with E-state index in [0.29, 0.717) is 31.1 Å². The van der Waals surface area contributed by atoms with E-state index >= 15 is 0 Å². The molecule has 1 atom stereocenters. The summed E-state index contributed by atoms with van der Waals surface area (Å²) in [7, 11) is 0. The highest BCUT2D eigenvalue weighted by Gasteiger charge is 2.23. The lowest BCUT2D eigenvalue weighted by molar-refractivity contribution is -0.141. The van der Waals surface area contributed by atoms with E-state index in [1.807, 2.05) is 6.92 Å². The number of nitrogens with zero attached hydrogens (tertiary/aromatic N) is 1. The molecule has 120 valence electrons. The SMILES string of the molecule is CCC1CN(C(=O)COc2ccc(NC(C)=O)cc2)CCO1. The lowest BCUT2D eigenvalue weighted by Gasteiger charge is -2.32. The zero-order valence-electron chi connectivity index (χ0n) is 13.0. The molecule has 1 N–H and O–H groups in total. The quantitative estimate of drug-likeness (QED) is 0.898. The molecule has 6 heteroatoms. The maximum Gasteiger partial charge on any atom is 0.260 e. The molecule has 1 unspecified atom stereocenters. The molecular weight excluding hydrogens is 284 g/mol. The van der Waals surface area contributed by atoms with Crippen LogP contribution in [0.1, 0.15) is 20.3 Å². The van der Waals surface area contributed by atoms with Gasteiger partial charge in [-0.05, 0) is 30.7 Å². The first-order valence-corrected chi connectivity index (χ1v) is 7.48. The van der Waals surface area contributed by atoms with E-state index in [2.05, 4.69) is 5.32 Å². The van der Waals surface area contributed by atoms with E-state index in [1.165, 1.54) is 6.92 Å². The average molecular weight is 306 g/mol. The molecule has 0 saturated carbocycles. The molecular formula is C16H22N2O4. The first-order chi connectivity index (χ1) is 10.6. The number of hydrogen-bond donors (Lipinski definition) is 1. The molecule has 0 radical (unpaired) electrons. The molecule has 6 nitrogen and oxygen atoms in total. The number of hydrogen-bond acceptors (Lipinski definition) is 4. The Balaban J connectivity index is 1.81. The van der Waals surface area contributed by atoms with Gasteiger partial charge in [-0.15, -0.1) is 0 Å². The Morgan fingerprint density at radius 2 is 2.09 bits per heavy atom. The van der Waals surface area contributed by atoms with Crippen molar-refractivity contribution in [3.63, 3.8) is 0 Å². The average Bonchev–Trinajstić information content (AvgIpc) is 2.53. The van der Waals surface area contributed by atoms with E-state index in [-0.39, 0.29) is 24.5 Å². The van der Waals surface area contributed by atoms with Gasteiger partial charge in [0.2, 0.25) is 5.91 Å². The Kier molecular flexibility index (Phi) is 5.77. The van der Waals surface area contributed by atoms with Gasteiger partial charge in [0, 0.05) is 25.7 Å². The van der Waals surface area contributed by atoms with Crippen LogP contribution in [0.4, 0.5) is 5.69 Å². The number of anilines is 1. The summed E-state index contributed by atoms with van der Waals surface area (Å²) in [5, 5.41) is 2.68. The number of nitrogens with one attached hydrogen (secondary N) is 1. The summed E-state index contributed by atoms with van der Waals surface area (Å²) in [6.45, 7) is 5.33. The van der Waals surface area contributed by atoms with Crippen LogP contribution in [0.15, 0.2) is 24.3 Å². The summed E-state index contributed by atoms with van der Waals surface area (Å²) in [4.78, 5) is 24.9. The minimum absolute atomic E-state index is 0.00984. The zero-order chi connectivity index (χ0) is 15.9. The molecule has 0 aromatic heterocycles. The number of amides is 2. The highest BCUT2D eigenvalue weighted by molar-refractivity contribution is 5.88.